The number of H-pyrrole nitrogens is 1. The van der Waals surface area contributed by atoms with Crippen LogP contribution in [0.4, 0.5) is 21.4 Å². The van der Waals surface area contributed by atoms with E-state index in [0.717, 1.165) is 38.2 Å². The van der Waals surface area contributed by atoms with Crippen molar-refractivity contribution in [2.75, 3.05) is 22.5 Å². The molecular weight excluding hydrogens is 418 g/mol. The number of nitrogens with one attached hydrogen (secondary N) is 4. The largest absolute Gasteiger partial charge is 0.368 e. The Morgan fingerprint density at radius 2 is 2.07 bits per heavy atom. The number of aromatic amines is 1. The van der Waals surface area contributed by atoms with Crippen molar-refractivity contribution in [1.29, 1.82) is 0 Å². The molecule has 0 fully saturated rings. The molecule has 0 bridgehead atoms. The van der Waals surface area contributed by atoms with Crippen molar-refractivity contribution in [1.82, 2.24) is 19.9 Å². The van der Waals surface area contributed by atoms with Crippen LogP contribution in [0.5, 0.6) is 0 Å². The van der Waals surface area contributed by atoms with Gasteiger partial charge in [0.1, 0.15) is 12.1 Å². The Balaban J connectivity index is 1.15. The molecule has 0 aliphatic carbocycles. The van der Waals surface area contributed by atoms with Crippen molar-refractivity contribution >= 4 is 66.5 Å². The summed E-state index contributed by atoms with van der Waals surface area (Å²) in [5, 5.41) is 12.6. The average molecular weight is 436 g/mol. The summed E-state index contributed by atoms with van der Waals surface area (Å²) < 4.78 is 1.05. The molecule has 10 heteroatoms. The van der Waals surface area contributed by atoms with Gasteiger partial charge in [0.2, 0.25) is 0 Å². The van der Waals surface area contributed by atoms with Crippen LogP contribution in [-0.2, 0) is 6.42 Å². The van der Waals surface area contributed by atoms with Gasteiger partial charge in [0.25, 0.3) is 0 Å². The Labute approximate surface area is 179 Å². The molecule has 0 radical (unpaired) electrons. The van der Waals surface area contributed by atoms with E-state index in [1.807, 2.05) is 41.9 Å². The number of thiazole rings is 1. The van der Waals surface area contributed by atoms with Gasteiger partial charge in [-0.25, -0.2) is 19.7 Å². The highest BCUT2D eigenvalue weighted by molar-refractivity contribution is 7.17. The quantitative estimate of drug-likeness (QED) is 0.303. The second kappa shape index (κ2) is 8.09. The van der Waals surface area contributed by atoms with Crippen molar-refractivity contribution in [3.8, 4) is 0 Å². The minimum absolute atomic E-state index is 0.319. The summed E-state index contributed by atoms with van der Waals surface area (Å²) in [6.45, 7) is 0.716. The highest BCUT2D eigenvalue weighted by Crippen LogP contribution is 2.25. The number of fused-ring (bicyclic) bond motifs is 2. The van der Waals surface area contributed by atoms with Crippen LogP contribution >= 0.6 is 22.7 Å². The van der Waals surface area contributed by atoms with Crippen LogP contribution in [0.3, 0.4) is 0 Å². The molecule has 4 aromatic heterocycles. The molecule has 30 heavy (non-hydrogen) atoms. The molecule has 0 saturated carbocycles. The van der Waals surface area contributed by atoms with E-state index >= 15 is 0 Å². The third kappa shape index (κ3) is 3.95. The number of thiophene rings is 1. The summed E-state index contributed by atoms with van der Waals surface area (Å²) in [5.74, 6) is 0.844. The van der Waals surface area contributed by atoms with Crippen LogP contribution in [-0.4, -0.2) is 32.5 Å². The molecule has 0 spiro atoms. The molecule has 0 aliphatic heterocycles. The van der Waals surface area contributed by atoms with Crippen LogP contribution in [0.2, 0.25) is 0 Å². The topological polar surface area (TPSA) is 108 Å². The fourth-order valence-corrected chi connectivity index (χ4v) is 4.70. The number of benzene rings is 1. The summed E-state index contributed by atoms with van der Waals surface area (Å²) in [4.78, 5) is 29.3. The van der Waals surface area contributed by atoms with Gasteiger partial charge in [-0.15, -0.1) is 22.7 Å². The van der Waals surface area contributed by atoms with E-state index in [-0.39, 0.29) is 6.03 Å². The zero-order valence-corrected chi connectivity index (χ0v) is 17.3. The summed E-state index contributed by atoms with van der Waals surface area (Å²) >= 11 is 3.08. The Bertz CT molecular complexity index is 1320. The first-order valence-corrected chi connectivity index (χ1v) is 11.0. The molecule has 2 amide bonds. The number of anilines is 3. The number of carbonyl (C=O) groups excluding carboxylic acids is 1. The van der Waals surface area contributed by atoms with E-state index in [1.54, 1.807) is 23.9 Å². The van der Waals surface area contributed by atoms with E-state index in [4.69, 9.17) is 0 Å². The lowest BCUT2D eigenvalue weighted by atomic mass is 10.2. The monoisotopic (exact) mass is 435 g/mol. The third-order valence-corrected chi connectivity index (χ3v) is 6.38. The Morgan fingerprint density at radius 3 is 3.03 bits per heavy atom. The Morgan fingerprint density at radius 1 is 1.10 bits per heavy atom. The normalized spacial score (nSPS) is 11.1. The molecule has 0 aliphatic rings. The number of rotatable bonds is 6. The van der Waals surface area contributed by atoms with Gasteiger partial charge < -0.3 is 15.6 Å². The lowest BCUT2D eigenvalue weighted by Gasteiger charge is -2.05. The molecule has 5 aromatic rings. The second-order valence-electron chi connectivity index (χ2n) is 6.52. The van der Waals surface area contributed by atoms with Gasteiger partial charge in [0.15, 0.2) is 5.13 Å². The standard InChI is InChI=1S/C20H17N7OS2/c28-19(26-13-2-1-12-3-6-21-16(12)9-13)27-20-23-10-14(30-20)4-7-22-18-17-15(5-8-29-17)24-11-25-18/h1-3,5-6,8-11,21H,4,7H2,(H,22,24,25)(H2,23,26,27,28). The molecular formula is C20H17N7OS2. The SMILES string of the molecule is O=C(Nc1ccc2cc[nH]c2c1)Nc1ncc(CCNc2ncnc3ccsc23)s1. The highest BCUT2D eigenvalue weighted by atomic mass is 32.1. The maximum atomic E-state index is 12.3. The van der Waals surface area contributed by atoms with Gasteiger partial charge >= 0.3 is 6.03 Å². The fourth-order valence-electron chi connectivity index (χ4n) is 3.08. The van der Waals surface area contributed by atoms with Gasteiger partial charge in [-0.3, -0.25) is 5.32 Å². The summed E-state index contributed by atoms with van der Waals surface area (Å²) in [6.07, 6.45) is 6.00. The fraction of sp³-hybridized carbons (Fsp3) is 0.100. The van der Waals surface area contributed by atoms with Crippen molar-refractivity contribution in [2.45, 2.75) is 6.42 Å². The molecule has 0 unspecified atom stereocenters. The first-order chi connectivity index (χ1) is 14.7. The zero-order chi connectivity index (χ0) is 20.3. The van der Waals surface area contributed by atoms with Crippen LogP contribution in [0.25, 0.3) is 21.1 Å². The molecule has 0 saturated heterocycles. The molecule has 150 valence electrons. The van der Waals surface area contributed by atoms with Crippen molar-refractivity contribution in [3.63, 3.8) is 0 Å². The minimum Gasteiger partial charge on any atom is -0.368 e. The number of urea groups is 1. The smallest absolute Gasteiger partial charge is 0.325 e. The van der Waals surface area contributed by atoms with Crippen LogP contribution in [0, 0.1) is 0 Å². The molecule has 4 N–H and O–H groups in total. The van der Waals surface area contributed by atoms with Gasteiger partial charge in [-0.05, 0) is 35.0 Å². The average Bonchev–Trinajstić information content (AvgIpc) is 3.48. The van der Waals surface area contributed by atoms with E-state index in [0.29, 0.717) is 17.4 Å². The van der Waals surface area contributed by atoms with Gasteiger partial charge in [-0.2, -0.15) is 0 Å². The van der Waals surface area contributed by atoms with Crippen LogP contribution in [0.1, 0.15) is 4.88 Å². The second-order valence-corrected chi connectivity index (χ2v) is 8.56. The van der Waals surface area contributed by atoms with Gasteiger partial charge in [-0.1, -0.05) is 6.07 Å². The van der Waals surface area contributed by atoms with E-state index < -0.39 is 0 Å². The number of aromatic nitrogens is 4. The van der Waals surface area contributed by atoms with E-state index in [2.05, 4.69) is 35.9 Å². The first kappa shape index (κ1) is 18.5. The number of amides is 2. The van der Waals surface area contributed by atoms with E-state index in [1.165, 1.54) is 11.3 Å². The van der Waals surface area contributed by atoms with Crippen LogP contribution < -0.4 is 16.0 Å². The third-order valence-electron chi connectivity index (χ3n) is 4.49. The molecule has 8 nitrogen and oxygen atoms in total. The lowest BCUT2D eigenvalue weighted by molar-refractivity contribution is 0.262. The molecule has 5 rings (SSSR count). The molecule has 1 aromatic carbocycles. The first-order valence-electron chi connectivity index (χ1n) is 9.26. The van der Waals surface area contributed by atoms with Crippen molar-refractivity contribution < 1.29 is 4.79 Å². The van der Waals surface area contributed by atoms with Crippen LogP contribution in [0.15, 0.2) is 54.4 Å². The van der Waals surface area contributed by atoms with E-state index in [9.17, 15) is 4.79 Å². The summed E-state index contributed by atoms with van der Waals surface area (Å²) in [6, 6.07) is 9.37. The number of nitrogens with zero attached hydrogens (tertiary/aromatic N) is 3. The maximum Gasteiger partial charge on any atom is 0.325 e. The van der Waals surface area contributed by atoms with Crippen molar-refractivity contribution in [3.05, 3.63) is 59.3 Å². The zero-order valence-electron chi connectivity index (χ0n) is 15.7. The molecule has 4 heterocycles. The summed E-state index contributed by atoms with van der Waals surface area (Å²) in [7, 11) is 0. The number of carbonyl (C=O) groups is 1. The lowest BCUT2D eigenvalue weighted by Crippen LogP contribution is -2.19. The predicted molar refractivity (Wildman–Crippen MR) is 123 cm³/mol. The summed E-state index contributed by atoms with van der Waals surface area (Å²) in [5.41, 5.74) is 2.64. The molecule has 0 atom stereocenters. The van der Waals surface area contributed by atoms with Gasteiger partial charge in [0.05, 0.1) is 10.2 Å². The Kier molecular flexibility index (Phi) is 4.99. The number of hydrogen-bond donors (Lipinski definition) is 4. The minimum atomic E-state index is -0.319. The Hall–Kier alpha value is -3.50. The van der Waals surface area contributed by atoms with Crippen molar-refractivity contribution in [2.24, 2.45) is 0 Å². The predicted octanol–water partition coefficient (Wildman–Crippen LogP) is 4.93. The highest BCUT2D eigenvalue weighted by Gasteiger charge is 2.09. The van der Waals surface area contributed by atoms with Gasteiger partial charge in [0, 0.05) is 41.4 Å². The maximum absolute atomic E-state index is 12.3. The number of hydrogen-bond acceptors (Lipinski definition) is 7.